The Labute approximate surface area is 127 Å². The van der Waals surface area contributed by atoms with Crippen molar-refractivity contribution in [2.24, 2.45) is 5.73 Å². The van der Waals surface area contributed by atoms with Crippen LogP contribution in [0.15, 0.2) is 36.4 Å². The zero-order valence-electron chi connectivity index (χ0n) is 11.4. The number of aromatic nitrogens is 2. The monoisotopic (exact) mass is 306 g/mol. The van der Waals surface area contributed by atoms with Crippen molar-refractivity contribution in [2.75, 3.05) is 11.9 Å². The summed E-state index contributed by atoms with van der Waals surface area (Å²) in [6.07, 6.45) is 0. The zero-order valence-corrected chi connectivity index (χ0v) is 12.1. The third-order valence-electron chi connectivity index (χ3n) is 2.98. The molecule has 1 unspecified atom stereocenters. The van der Waals surface area contributed by atoms with Crippen molar-refractivity contribution in [3.63, 3.8) is 0 Å². The number of benzene rings is 1. The van der Waals surface area contributed by atoms with Gasteiger partial charge in [-0.2, -0.15) is 0 Å². The van der Waals surface area contributed by atoms with Crippen LogP contribution in [-0.4, -0.2) is 27.8 Å². The summed E-state index contributed by atoms with van der Waals surface area (Å²) in [6.45, 7) is 1.83. The number of halogens is 1. The Bertz CT molecular complexity index is 644. The fourth-order valence-corrected chi connectivity index (χ4v) is 2.15. The molecule has 2 rings (SSSR count). The summed E-state index contributed by atoms with van der Waals surface area (Å²) in [5.41, 5.74) is 4.60. The molecule has 21 heavy (non-hydrogen) atoms. The molecule has 1 aromatic carbocycles. The first-order chi connectivity index (χ1) is 9.90. The smallest absolute Gasteiger partial charge is 0.269 e. The van der Waals surface area contributed by atoms with Gasteiger partial charge in [0.05, 0.1) is 0 Å². The topological polar surface area (TPSA) is 101 Å². The van der Waals surface area contributed by atoms with Gasteiger partial charge >= 0.3 is 0 Å². The van der Waals surface area contributed by atoms with Gasteiger partial charge in [0, 0.05) is 17.1 Å². The molecule has 0 fully saturated rings. The van der Waals surface area contributed by atoms with Crippen LogP contribution in [0.1, 0.15) is 23.0 Å². The molecule has 1 heterocycles. The highest BCUT2D eigenvalue weighted by Gasteiger charge is 2.25. The molecule has 1 aromatic heterocycles. The summed E-state index contributed by atoms with van der Waals surface area (Å²) in [4.78, 5) is 10.9. The number of nitrogens with two attached hydrogens (primary N) is 1. The highest BCUT2D eigenvalue weighted by atomic mass is 35.5. The van der Waals surface area contributed by atoms with Gasteiger partial charge in [0.1, 0.15) is 11.4 Å². The van der Waals surface area contributed by atoms with E-state index in [0.29, 0.717) is 16.4 Å². The highest BCUT2D eigenvalue weighted by Crippen LogP contribution is 2.27. The number of aliphatic hydroxyl groups is 1. The molecule has 1 atom stereocenters. The zero-order chi connectivity index (χ0) is 15.5. The van der Waals surface area contributed by atoms with Crippen molar-refractivity contribution in [3.8, 4) is 0 Å². The summed E-state index contributed by atoms with van der Waals surface area (Å²) in [7, 11) is 0. The standard InChI is InChI=1S/C14H15ClN4O2/c1-14(21,9-4-2-3-5-10(9)15)8-17-12-7-6-11(13(16)20)18-19-12/h2-7,21H,8H2,1H3,(H2,16,20)(H,17,19). The van der Waals surface area contributed by atoms with Gasteiger partial charge in [-0.15, -0.1) is 10.2 Å². The van der Waals surface area contributed by atoms with Gasteiger partial charge in [-0.1, -0.05) is 29.8 Å². The predicted molar refractivity (Wildman–Crippen MR) is 80.1 cm³/mol. The van der Waals surface area contributed by atoms with Gasteiger partial charge in [0.2, 0.25) is 0 Å². The minimum Gasteiger partial charge on any atom is -0.384 e. The van der Waals surface area contributed by atoms with Gasteiger partial charge in [0.15, 0.2) is 5.69 Å². The third kappa shape index (κ3) is 3.68. The van der Waals surface area contributed by atoms with E-state index in [9.17, 15) is 9.90 Å². The molecule has 0 saturated heterocycles. The predicted octanol–water partition coefficient (Wildman–Crippen LogP) is 1.55. The Balaban J connectivity index is 2.08. The first-order valence-electron chi connectivity index (χ1n) is 6.25. The van der Waals surface area contributed by atoms with E-state index in [0.717, 1.165) is 0 Å². The summed E-state index contributed by atoms with van der Waals surface area (Å²) in [6, 6.07) is 10.1. The molecule has 0 spiro atoms. The number of anilines is 1. The number of nitrogens with zero attached hydrogens (tertiary/aromatic N) is 2. The van der Waals surface area contributed by atoms with Crippen LogP contribution in [-0.2, 0) is 5.60 Å². The average Bonchev–Trinajstić information content (AvgIpc) is 2.46. The Morgan fingerprint density at radius 1 is 1.33 bits per heavy atom. The lowest BCUT2D eigenvalue weighted by Crippen LogP contribution is -2.31. The van der Waals surface area contributed by atoms with Crippen molar-refractivity contribution in [1.29, 1.82) is 0 Å². The third-order valence-corrected chi connectivity index (χ3v) is 3.31. The fraction of sp³-hybridized carbons (Fsp3) is 0.214. The number of hydrogen-bond acceptors (Lipinski definition) is 5. The number of amides is 1. The minimum absolute atomic E-state index is 0.0819. The lowest BCUT2D eigenvalue weighted by atomic mass is 9.96. The average molecular weight is 307 g/mol. The van der Waals surface area contributed by atoms with E-state index in [2.05, 4.69) is 15.5 Å². The minimum atomic E-state index is -1.18. The molecule has 6 nitrogen and oxygen atoms in total. The number of carbonyl (C=O) groups excluding carboxylic acids is 1. The number of carbonyl (C=O) groups is 1. The normalized spacial score (nSPS) is 13.5. The van der Waals surface area contributed by atoms with Gasteiger partial charge in [-0.25, -0.2) is 0 Å². The van der Waals surface area contributed by atoms with Gasteiger partial charge in [0.25, 0.3) is 5.91 Å². The van der Waals surface area contributed by atoms with E-state index in [1.54, 1.807) is 37.3 Å². The van der Waals surface area contributed by atoms with Crippen molar-refractivity contribution in [2.45, 2.75) is 12.5 Å². The van der Waals surface area contributed by atoms with Crippen LogP contribution < -0.4 is 11.1 Å². The quantitative estimate of drug-likeness (QED) is 0.778. The largest absolute Gasteiger partial charge is 0.384 e. The van der Waals surface area contributed by atoms with Crippen LogP contribution in [0, 0.1) is 0 Å². The molecule has 0 aliphatic heterocycles. The van der Waals surface area contributed by atoms with Crippen LogP contribution in [0.4, 0.5) is 5.82 Å². The van der Waals surface area contributed by atoms with Crippen molar-refractivity contribution < 1.29 is 9.90 Å². The number of rotatable bonds is 5. The van der Waals surface area contributed by atoms with E-state index in [1.165, 1.54) is 6.07 Å². The maximum absolute atomic E-state index is 10.9. The SMILES string of the molecule is CC(O)(CNc1ccc(C(N)=O)nn1)c1ccccc1Cl. The molecule has 4 N–H and O–H groups in total. The van der Waals surface area contributed by atoms with Crippen molar-refractivity contribution >= 4 is 23.3 Å². The molecule has 0 radical (unpaired) electrons. The molecule has 1 amide bonds. The Morgan fingerprint density at radius 2 is 2.05 bits per heavy atom. The molecule has 0 bridgehead atoms. The van der Waals surface area contributed by atoms with Crippen LogP contribution in [0.2, 0.25) is 5.02 Å². The maximum Gasteiger partial charge on any atom is 0.269 e. The molecule has 0 saturated carbocycles. The summed E-state index contributed by atoms with van der Waals surface area (Å²) in [5, 5.41) is 21.4. The molecule has 0 aliphatic rings. The van der Waals surface area contributed by atoms with Gasteiger partial charge < -0.3 is 16.2 Å². The summed E-state index contributed by atoms with van der Waals surface area (Å²) in [5.74, 6) is -0.218. The maximum atomic E-state index is 10.9. The molecule has 7 heteroatoms. The van der Waals surface area contributed by atoms with E-state index < -0.39 is 11.5 Å². The fourth-order valence-electron chi connectivity index (χ4n) is 1.81. The Morgan fingerprint density at radius 3 is 2.62 bits per heavy atom. The second kappa shape index (κ2) is 6.07. The van der Waals surface area contributed by atoms with E-state index in [4.69, 9.17) is 17.3 Å². The van der Waals surface area contributed by atoms with Crippen molar-refractivity contribution in [1.82, 2.24) is 10.2 Å². The van der Waals surface area contributed by atoms with E-state index >= 15 is 0 Å². The molecule has 2 aromatic rings. The summed E-state index contributed by atoms with van der Waals surface area (Å²) < 4.78 is 0. The van der Waals surface area contributed by atoms with Crippen LogP contribution in [0.25, 0.3) is 0 Å². The van der Waals surface area contributed by atoms with Crippen molar-refractivity contribution in [3.05, 3.63) is 52.7 Å². The second-order valence-electron chi connectivity index (χ2n) is 4.78. The number of nitrogens with one attached hydrogen (secondary N) is 1. The number of hydrogen-bond donors (Lipinski definition) is 3. The van der Waals surface area contributed by atoms with Crippen LogP contribution in [0.3, 0.4) is 0 Å². The van der Waals surface area contributed by atoms with Crippen LogP contribution in [0.5, 0.6) is 0 Å². The highest BCUT2D eigenvalue weighted by molar-refractivity contribution is 6.31. The Kier molecular flexibility index (Phi) is 4.40. The molecular formula is C14H15ClN4O2. The first-order valence-corrected chi connectivity index (χ1v) is 6.63. The Hall–Kier alpha value is -2.18. The number of primary amides is 1. The van der Waals surface area contributed by atoms with E-state index in [-0.39, 0.29) is 12.2 Å². The van der Waals surface area contributed by atoms with Gasteiger partial charge in [-0.3, -0.25) is 4.79 Å². The first kappa shape index (κ1) is 15.2. The molecule has 110 valence electrons. The summed E-state index contributed by atoms with van der Waals surface area (Å²) >= 11 is 6.08. The second-order valence-corrected chi connectivity index (χ2v) is 5.18. The molecular weight excluding hydrogens is 292 g/mol. The van der Waals surface area contributed by atoms with Gasteiger partial charge in [-0.05, 0) is 25.1 Å². The lowest BCUT2D eigenvalue weighted by molar-refractivity contribution is 0.0715. The molecule has 0 aliphatic carbocycles. The van der Waals surface area contributed by atoms with Crippen LogP contribution >= 0.6 is 11.6 Å². The van der Waals surface area contributed by atoms with E-state index in [1.807, 2.05) is 0 Å². The lowest BCUT2D eigenvalue weighted by Gasteiger charge is -2.25.